The van der Waals surface area contributed by atoms with Gasteiger partial charge in [-0.15, -0.1) is 11.3 Å². The van der Waals surface area contributed by atoms with Crippen LogP contribution in [0.15, 0.2) is 89.3 Å². The molecule has 4 rings (SSSR count). The van der Waals surface area contributed by atoms with Crippen molar-refractivity contribution in [2.45, 2.75) is 13.0 Å². The van der Waals surface area contributed by atoms with Crippen LogP contribution in [0.1, 0.15) is 22.2 Å². The van der Waals surface area contributed by atoms with Crippen LogP contribution in [-0.2, 0) is 4.79 Å². The number of carbonyl (C=O) groups is 2. The van der Waals surface area contributed by atoms with Gasteiger partial charge in [0.05, 0.1) is 6.21 Å². The van der Waals surface area contributed by atoms with Crippen molar-refractivity contribution in [1.82, 2.24) is 5.43 Å². The Morgan fingerprint density at radius 1 is 0.969 bits per heavy atom. The SMILES string of the molecule is CC(Oc1cccc2ccccc12)C(=O)N/N=C/c1ccc(OC(=O)c2cccs2)cc1. The van der Waals surface area contributed by atoms with Crippen LogP contribution in [-0.4, -0.2) is 24.2 Å². The molecule has 0 radical (unpaired) electrons. The minimum absolute atomic E-state index is 0.365. The van der Waals surface area contributed by atoms with Crippen LogP contribution in [0, 0.1) is 0 Å². The molecule has 0 saturated carbocycles. The molecule has 0 aliphatic carbocycles. The lowest BCUT2D eigenvalue weighted by Gasteiger charge is -2.14. The van der Waals surface area contributed by atoms with Crippen molar-refractivity contribution in [1.29, 1.82) is 0 Å². The predicted molar refractivity (Wildman–Crippen MR) is 125 cm³/mol. The molecule has 4 aromatic rings. The van der Waals surface area contributed by atoms with Gasteiger partial charge in [-0.25, -0.2) is 10.2 Å². The molecule has 7 heteroatoms. The average Bonchev–Trinajstić information content (AvgIpc) is 3.36. The van der Waals surface area contributed by atoms with Crippen LogP contribution < -0.4 is 14.9 Å². The summed E-state index contributed by atoms with van der Waals surface area (Å²) in [5.74, 6) is 0.314. The lowest BCUT2D eigenvalue weighted by atomic mass is 10.1. The van der Waals surface area contributed by atoms with Gasteiger partial charge in [-0.1, -0.05) is 42.5 Å². The summed E-state index contributed by atoms with van der Waals surface area (Å²) in [6, 6.07) is 23.9. The third-order valence-corrected chi connectivity index (χ3v) is 5.47. The first-order chi connectivity index (χ1) is 15.6. The first-order valence-corrected chi connectivity index (χ1v) is 10.8. The second-order valence-electron chi connectivity index (χ2n) is 6.91. The van der Waals surface area contributed by atoms with E-state index in [0.29, 0.717) is 16.4 Å². The summed E-state index contributed by atoms with van der Waals surface area (Å²) >= 11 is 1.32. The number of fused-ring (bicyclic) bond motifs is 1. The quantitative estimate of drug-likeness (QED) is 0.188. The number of carbonyl (C=O) groups excluding carboxylic acids is 2. The molecule has 0 saturated heterocycles. The maximum atomic E-state index is 12.4. The third-order valence-electron chi connectivity index (χ3n) is 4.62. The Morgan fingerprint density at radius 3 is 2.53 bits per heavy atom. The summed E-state index contributed by atoms with van der Waals surface area (Å²) in [4.78, 5) is 24.9. The summed E-state index contributed by atoms with van der Waals surface area (Å²) in [5, 5.41) is 7.79. The van der Waals surface area contributed by atoms with E-state index in [9.17, 15) is 9.59 Å². The number of nitrogens with one attached hydrogen (secondary N) is 1. The number of hydrogen-bond acceptors (Lipinski definition) is 6. The zero-order valence-electron chi connectivity index (χ0n) is 17.2. The van der Waals surface area contributed by atoms with Crippen molar-refractivity contribution in [3.63, 3.8) is 0 Å². The topological polar surface area (TPSA) is 77.0 Å². The summed E-state index contributed by atoms with van der Waals surface area (Å²) in [5.41, 5.74) is 3.23. The van der Waals surface area contributed by atoms with E-state index >= 15 is 0 Å². The Hall–Kier alpha value is -3.97. The van der Waals surface area contributed by atoms with Crippen molar-refractivity contribution >= 4 is 40.2 Å². The molecule has 1 amide bonds. The van der Waals surface area contributed by atoms with Crippen LogP contribution in [0.5, 0.6) is 11.5 Å². The monoisotopic (exact) mass is 444 g/mol. The highest BCUT2D eigenvalue weighted by molar-refractivity contribution is 7.12. The van der Waals surface area contributed by atoms with Crippen LogP contribution in [0.25, 0.3) is 10.8 Å². The van der Waals surface area contributed by atoms with Crippen molar-refractivity contribution in [3.8, 4) is 11.5 Å². The fraction of sp³-hybridized carbons (Fsp3) is 0.0800. The second kappa shape index (κ2) is 9.89. The number of esters is 1. The maximum absolute atomic E-state index is 12.4. The zero-order chi connectivity index (χ0) is 22.3. The van der Waals surface area contributed by atoms with Crippen LogP contribution in [0.3, 0.4) is 0 Å². The lowest BCUT2D eigenvalue weighted by molar-refractivity contribution is -0.127. The van der Waals surface area contributed by atoms with E-state index in [1.165, 1.54) is 17.6 Å². The van der Waals surface area contributed by atoms with E-state index in [4.69, 9.17) is 9.47 Å². The molecule has 6 nitrogen and oxygen atoms in total. The number of nitrogens with zero attached hydrogens (tertiary/aromatic N) is 1. The van der Waals surface area contributed by atoms with Gasteiger partial charge in [0.25, 0.3) is 5.91 Å². The molecular formula is C25H20N2O4S. The molecule has 0 aliphatic heterocycles. The second-order valence-corrected chi connectivity index (χ2v) is 7.86. The maximum Gasteiger partial charge on any atom is 0.353 e. The highest BCUT2D eigenvalue weighted by Crippen LogP contribution is 2.26. The van der Waals surface area contributed by atoms with Gasteiger partial charge in [0, 0.05) is 5.39 Å². The highest BCUT2D eigenvalue weighted by atomic mass is 32.1. The van der Waals surface area contributed by atoms with Gasteiger partial charge < -0.3 is 9.47 Å². The van der Waals surface area contributed by atoms with Crippen molar-refractivity contribution in [2.75, 3.05) is 0 Å². The van der Waals surface area contributed by atoms with Gasteiger partial charge in [0.1, 0.15) is 16.4 Å². The van der Waals surface area contributed by atoms with E-state index < -0.39 is 12.1 Å². The molecule has 0 fully saturated rings. The number of benzene rings is 3. The molecular weight excluding hydrogens is 424 g/mol. The van der Waals surface area contributed by atoms with Crippen molar-refractivity contribution in [3.05, 3.63) is 94.7 Å². The van der Waals surface area contributed by atoms with Gasteiger partial charge >= 0.3 is 5.97 Å². The van der Waals surface area contributed by atoms with E-state index in [2.05, 4.69) is 10.5 Å². The number of amides is 1. The molecule has 0 aliphatic rings. The largest absolute Gasteiger partial charge is 0.480 e. The molecule has 1 atom stereocenters. The number of rotatable bonds is 7. The summed E-state index contributed by atoms with van der Waals surface area (Å²) in [7, 11) is 0. The fourth-order valence-electron chi connectivity index (χ4n) is 2.98. The first kappa shape index (κ1) is 21.3. The summed E-state index contributed by atoms with van der Waals surface area (Å²) < 4.78 is 11.2. The van der Waals surface area contributed by atoms with E-state index in [1.807, 2.05) is 47.8 Å². The Kier molecular flexibility index (Phi) is 6.57. The molecule has 0 spiro atoms. The molecule has 160 valence electrons. The summed E-state index contributed by atoms with van der Waals surface area (Å²) in [6.45, 7) is 1.67. The third kappa shape index (κ3) is 5.19. The fourth-order valence-corrected chi connectivity index (χ4v) is 3.58. The molecule has 1 heterocycles. The van der Waals surface area contributed by atoms with Crippen molar-refractivity contribution in [2.24, 2.45) is 5.10 Å². The Bertz CT molecular complexity index is 1250. The number of thiophene rings is 1. The minimum Gasteiger partial charge on any atom is -0.480 e. The molecule has 1 N–H and O–H groups in total. The standard InChI is InChI=1S/C25H20N2O4S/c1-17(30-22-9-4-7-19-6-2-3-8-21(19)22)24(28)27-26-16-18-11-13-20(14-12-18)31-25(29)23-10-5-15-32-23/h2-17H,1H3,(H,27,28)/b26-16+. The Morgan fingerprint density at radius 2 is 1.75 bits per heavy atom. The van der Waals surface area contributed by atoms with Gasteiger partial charge in [-0.05, 0) is 59.7 Å². The normalized spacial score (nSPS) is 11.9. The van der Waals surface area contributed by atoms with E-state index in [0.717, 1.165) is 16.3 Å². The molecule has 1 aromatic heterocycles. The average molecular weight is 445 g/mol. The van der Waals surface area contributed by atoms with Crippen LogP contribution in [0.4, 0.5) is 0 Å². The molecule has 0 bridgehead atoms. The van der Waals surface area contributed by atoms with Crippen molar-refractivity contribution < 1.29 is 19.1 Å². The van der Waals surface area contributed by atoms with E-state index in [1.54, 1.807) is 43.3 Å². The Labute approximate surface area is 189 Å². The molecule has 3 aromatic carbocycles. The van der Waals surface area contributed by atoms with E-state index in [-0.39, 0.29) is 5.91 Å². The number of ether oxygens (including phenoxy) is 2. The van der Waals surface area contributed by atoms with Gasteiger partial charge in [-0.3, -0.25) is 4.79 Å². The highest BCUT2D eigenvalue weighted by Gasteiger charge is 2.15. The van der Waals surface area contributed by atoms with Gasteiger partial charge in [-0.2, -0.15) is 5.10 Å². The zero-order valence-corrected chi connectivity index (χ0v) is 18.0. The van der Waals surface area contributed by atoms with Gasteiger partial charge in [0.15, 0.2) is 6.10 Å². The lowest BCUT2D eigenvalue weighted by Crippen LogP contribution is -2.33. The molecule has 32 heavy (non-hydrogen) atoms. The molecule has 1 unspecified atom stereocenters. The summed E-state index contributed by atoms with van der Waals surface area (Å²) in [6.07, 6.45) is 0.782. The number of hydrogen-bond donors (Lipinski definition) is 1. The van der Waals surface area contributed by atoms with Gasteiger partial charge in [0.2, 0.25) is 0 Å². The van der Waals surface area contributed by atoms with Crippen LogP contribution in [0.2, 0.25) is 0 Å². The smallest absolute Gasteiger partial charge is 0.353 e. The minimum atomic E-state index is -0.725. The Balaban J connectivity index is 1.31. The van der Waals surface area contributed by atoms with Crippen LogP contribution >= 0.6 is 11.3 Å². The predicted octanol–water partition coefficient (Wildman–Crippen LogP) is 5.04. The first-order valence-electron chi connectivity index (χ1n) is 9.93. The number of hydrazone groups is 1.